The molecule has 0 atom stereocenters. The number of likely N-dealkylation sites (N-methyl/N-ethyl adjacent to an activating group) is 1. The van der Waals surface area contributed by atoms with Gasteiger partial charge in [0.15, 0.2) is 0 Å². The van der Waals surface area contributed by atoms with Crippen molar-refractivity contribution in [1.82, 2.24) is 4.90 Å². The molecule has 1 amide bonds. The molecule has 0 saturated carbocycles. The summed E-state index contributed by atoms with van der Waals surface area (Å²) in [4.78, 5) is 13.7. The zero-order chi connectivity index (χ0) is 15.9. The van der Waals surface area contributed by atoms with E-state index < -0.39 is 5.92 Å². The molecule has 0 aromatic rings. The van der Waals surface area contributed by atoms with Crippen LogP contribution in [0.2, 0.25) is 0 Å². The number of allylic oxidation sites excluding steroid dienone is 3. The van der Waals surface area contributed by atoms with Gasteiger partial charge in [0.25, 0.3) is 5.91 Å². The number of alkyl halides is 2. The zero-order valence-corrected chi connectivity index (χ0v) is 13.1. The van der Waals surface area contributed by atoms with E-state index in [4.69, 9.17) is 0 Å². The summed E-state index contributed by atoms with van der Waals surface area (Å²) in [6, 6.07) is 0. The normalized spacial score (nSPS) is 13.3. The van der Waals surface area contributed by atoms with E-state index in [-0.39, 0.29) is 25.3 Å². The Morgan fingerprint density at radius 3 is 2.30 bits per heavy atom. The van der Waals surface area contributed by atoms with E-state index in [1.54, 1.807) is 20.0 Å². The Morgan fingerprint density at radius 1 is 1.35 bits per heavy atom. The van der Waals surface area contributed by atoms with Gasteiger partial charge in [-0.15, -0.1) is 0 Å². The van der Waals surface area contributed by atoms with Crippen LogP contribution in [0.1, 0.15) is 40.5 Å². The first-order valence-electron chi connectivity index (χ1n) is 6.78. The van der Waals surface area contributed by atoms with Gasteiger partial charge in [0.2, 0.25) is 5.92 Å². The van der Waals surface area contributed by atoms with Crippen LogP contribution in [0.4, 0.5) is 8.78 Å². The average Bonchev–Trinajstić information content (AvgIpc) is 2.40. The van der Waals surface area contributed by atoms with Gasteiger partial charge in [0, 0.05) is 32.0 Å². The van der Waals surface area contributed by atoms with E-state index in [2.05, 4.69) is 6.58 Å². The Hall–Kier alpha value is -1.45. The number of nitrogens with zero attached hydrogens (tertiary/aromatic N) is 1. The first kappa shape index (κ1) is 18.6. The minimum absolute atomic E-state index is 0.0319. The van der Waals surface area contributed by atoms with Gasteiger partial charge in [0.05, 0.1) is 0 Å². The molecule has 0 heterocycles. The Labute approximate surface area is 120 Å². The third kappa shape index (κ3) is 6.13. The summed E-state index contributed by atoms with van der Waals surface area (Å²) in [5, 5.41) is 0. The maximum absolute atomic E-state index is 13.2. The minimum atomic E-state index is -2.72. The lowest BCUT2D eigenvalue weighted by Crippen LogP contribution is -2.32. The highest BCUT2D eigenvalue weighted by atomic mass is 19.3. The maximum Gasteiger partial charge on any atom is 0.253 e. The molecular formula is C16H25F2NO. The van der Waals surface area contributed by atoms with Gasteiger partial charge in [-0.05, 0) is 32.4 Å². The van der Waals surface area contributed by atoms with Crippen LogP contribution in [0.5, 0.6) is 0 Å². The highest BCUT2D eigenvalue weighted by Crippen LogP contribution is 2.23. The van der Waals surface area contributed by atoms with E-state index in [0.717, 1.165) is 11.1 Å². The molecule has 0 fully saturated rings. The van der Waals surface area contributed by atoms with Crippen LogP contribution in [0.15, 0.2) is 35.5 Å². The molecule has 0 aliphatic carbocycles. The monoisotopic (exact) mass is 285 g/mol. The predicted octanol–water partition coefficient (Wildman–Crippen LogP) is 4.35. The van der Waals surface area contributed by atoms with Crippen molar-refractivity contribution in [2.45, 2.75) is 46.5 Å². The molecule has 0 N–H and O–H groups in total. The summed E-state index contributed by atoms with van der Waals surface area (Å²) in [6.45, 7) is 10.7. The molecule has 0 rings (SSSR count). The second kappa shape index (κ2) is 7.98. The lowest BCUT2D eigenvalue weighted by molar-refractivity contribution is -0.126. The lowest BCUT2D eigenvalue weighted by atomic mass is 10.0. The quantitative estimate of drug-likeness (QED) is 0.503. The largest absolute Gasteiger partial charge is 0.341 e. The fraction of sp³-hybridized carbons (Fsp3) is 0.562. The molecule has 4 heteroatoms. The fourth-order valence-electron chi connectivity index (χ4n) is 1.56. The molecule has 20 heavy (non-hydrogen) atoms. The Kier molecular flexibility index (Phi) is 7.40. The first-order chi connectivity index (χ1) is 9.14. The second-order valence-corrected chi connectivity index (χ2v) is 5.06. The molecular weight excluding hydrogens is 260 g/mol. The standard InChI is InChI=1S/C16H25F2NO/c1-7-13(5)14(11-12(3)4)15(20)19(6)10-9-16(17,18)8-2/h7,11H,3,8-10H2,1-2,4-6H3/b13-7?,14-11+. The Bertz CT molecular complexity index is 422. The summed E-state index contributed by atoms with van der Waals surface area (Å²) in [5.74, 6) is -2.97. The van der Waals surface area contributed by atoms with E-state index in [1.165, 1.54) is 11.8 Å². The van der Waals surface area contributed by atoms with Crippen LogP contribution in [0.3, 0.4) is 0 Å². The number of hydrogen-bond acceptors (Lipinski definition) is 1. The van der Waals surface area contributed by atoms with Gasteiger partial charge in [0.1, 0.15) is 0 Å². The Balaban J connectivity index is 4.96. The van der Waals surface area contributed by atoms with Gasteiger partial charge >= 0.3 is 0 Å². The molecule has 114 valence electrons. The smallest absolute Gasteiger partial charge is 0.253 e. The van der Waals surface area contributed by atoms with E-state index >= 15 is 0 Å². The summed E-state index contributed by atoms with van der Waals surface area (Å²) in [5.41, 5.74) is 2.07. The lowest BCUT2D eigenvalue weighted by Gasteiger charge is -2.22. The van der Waals surface area contributed by atoms with E-state index in [1.807, 2.05) is 19.9 Å². The number of carbonyl (C=O) groups excluding carboxylic acids is 1. The molecule has 0 aliphatic rings. The molecule has 2 nitrogen and oxygen atoms in total. The van der Waals surface area contributed by atoms with Crippen molar-refractivity contribution in [2.24, 2.45) is 0 Å². The number of halogens is 2. The molecule has 0 aromatic heterocycles. The highest BCUT2D eigenvalue weighted by Gasteiger charge is 2.27. The number of carbonyl (C=O) groups is 1. The van der Waals surface area contributed by atoms with E-state index in [9.17, 15) is 13.6 Å². The fourth-order valence-corrected chi connectivity index (χ4v) is 1.56. The van der Waals surface area contributed by atoms with Crippen molar-refractivity contribution in [3.63, 3.8) is 0 Å². The van der Waals surface area contributed by atoms with Crippen molar-refractivity contribution in [1.29, 1.82) is 0 Å². The van der Waals surface area contributed by atoms with Crippen LogP contribution in [-0.4, -0.2) is 30.3 Å². The molecule has 0 unspecified atom stereocenters. The Morgan fingerprint density at radius 2 is 1.90 bits per heavy atom. The summed E-state index contributed by atoms with van der Waals surface area (Å²) in [7, 11) is 1.54. The third-order valence-electron chi connectivity index (χ3n) is 3.16. The minimum Gasteiger partial charge on any atom is -0.341 e. The number of amides is 1. The van der Waals surface area contributed by atoms with Crippen LogP contribution in [0.25, 0.3) is 0 Å². The molecule has 0 saturated heterocycles. The van der Waals surface area contributed by atoms with Gasteiger partial charge in [-0.2, -0.15) is 0 Å². The van der Waals surface area contributed by atoms with Gasteiger partial charge in [-0.1, -0.05) is 25.2 Å². The van der Waals surface area contributed by atoms with Crippen molar-refractivity contribution in [3.8, 4) is 0 Å². The zero-order valence-electron chi connectivity index (χ0n) is 13.1. The third-order valence-corrected chi connectivity index (χ3v) is 3.16. The maximum atomic E-state index is 13.2. The van der Waals surface area contributed by atoms with Crippen molar-refractivity contribution in [2.75, 3.05) is 13.6 Å². The van der Waals surface area contributed by atoms with Gasteiger partial charge in [-0.3, -0.25) is 4.79 Å². The molecule has 0 aliphatic heterocycles. The van der Waals surface area contributed by atoms with Crippen molar-refractivity contribution < 1.29 is 13.6 Å². The van der Waals surface area contributed by atoms with Crippen LogP contribution in [0, 0.1) is 0 Å². The molecule has 0 aromatic carbocycles. The van der Waals surface area contributed by atoms with Crippen molar-refractivity contribution in [3.05, 3.63) is 35.5 Å². The summed E-state index contributed by atoms with van der Waals surface area (Å²) < 4.78 is 26.5. The van der Waals surface area contributed by atoms with Crippen LogP contribution in [-0.2, 0) is 4.79 Å². The molecule has 0 spiro atoms. The average molecular weight is 285 g/mol. The number of hydrogen-bond donors (Lipinski definition) is 0. The second-order valence-electron chi connectivity index (χ2n) is 5.06. The predicted molar refractivity (Wildman–Crippen MR) is 79.8 cm³/mol. The van der Waals surface area contributed by atoms with Gasteiger partial charge < -0.3 is 4.90 Å². The SMILES string of the molecule is C=C(C)/C=C(/C(=O)N(C)CCC(F)(F)CC)C(C)=CC. The number of rotatable bonds is 7. The topological polar surface area (TPSA) is 20.3 Å². The van der Waals surface area contributed by atoms with Gasteiger partial charge in [-0.25, -0.2) is 8.78 Å². The first-order valence-corrected chi connectivity index (χ1v) is 6.78. The van der Waals surface area contributed by atoms with Crippen LogP contribution < -0.4 is 0 Å². The van der Waals surface area contributed by atoms with E-state index in [0.29, 0.717) is 5.57 Å². The van der Waals surface area contributed by atoms with Crippen LogP contribution >= 0.6 is 0 Å². The summed E-state index contributed by atoms with van der Waals surface area (Å²) in [6.07, 6.45) is 2.98. The highest BCUT2D eigenvalue weighted by molar-refractivity contribution is 5.97. The molecule has 0 bridgehead atoms. The summed E-state index contributed by atoms with van der Waals surface area (Å²) >= 11 is 0. The van der Waals surface area contributed by atoms with Crippen molar-refractivity contribution >= 4 is 5.91 Å². The molecule has 0 radical (unpaired) electrons.